The summed E-state index contributed by atoms with van der Waals surface area (Å²) in [6.45, 7) is 0.514. The molecule has 8 heteroatoms. The standard InChI is InChI=1S/C13H13N3O4S/c17-10(15-3-1-8(5-15)13(19)20)6-16-7-14-11-9(12(16)18)2-4-21-11/h2,4,7-8H,1,3,5-6H2,(H,19,20). The van der Waals surface area contributed by atoms with Gasteiger partial charge in [-0.05, 0) is 17.9 Å². The second-order valence-electron chi connectivity index (χ2n) is 4.98. The maximum absolute atomic E-state index is 12.2. The Kier molecular flexibility index (Phi) is 3.46. The molecule has 0 saturated carbocycles. The molecule has 2 aromatic rings. The van der Waals surface area contributed by atoms with E-state index >= 15 is 0 Å². The summed E-state index contributed by atoms with van der Waals surface area (Å²) < 4.78 is 1.27. The lowest BCUT2D eigenvalue weighted by Crippen LogP contribution is -2.35. The lowest BCUT2D eigenvalue weighted by Gasteiger charge is -2.16. The molecule has 3 rings (SSSR count). The van der Waals surface area contributed by atoms with Crippen LogP contribution in [0.25, 0.3) is 10.2 Å². The molecule has 0 aliphatic carbocycles. The molecular formula is C13H13N3O4S. The van der Waals surface area contributed by atoms with E-state index in [0.717, 1.165) is 0 Å². The monoisotopic (exact) mass is 307 g/mol. The first kappa shape index (κ1) is 13.7. The number of hydrogen-bond acceptors (Lipinski definition) is 5. The van der Waals surface area contributed by atoms with Gasteiger partial charge in [0.05, 0.1) is 17.6 Å². The van der Waals surface area contributed by atoms with E-state index in [9.17, 15) is 14.4 Å². The highest BCUT2D eigenvalue weighted by Crippen LogP contribution is 2.17. The van der Waals surface area contributed by atoms with Crippen LogP contribution in [0, 0.1) is 5.92 Å². The molecule has 1 aliphatic heterocycles. The predicted octanol–water partition coefficient (Wildman–Crippen LogP) is 0.391. The van der Waals surface area contributed by atoms with Crippen molar-refractivity contribution in [3.63, 3.8) is 0 Å². The maximum Gasteiger partial charge on any atom is 0.308 e. The van der Waals surface area contributed by atoms with Crippen LogP contribution in [0.3, 0.4) is 0 Å². The van der Waals surface area contributed by atoms with Crippen molar-refractivity contribution in [1.82, 2.24) is 14.5 Å². The number of carbonyl (C=O) groups is 2. The largest absolute Gasteiger partial charge is 0.481 e. The summed E-state index contributed by atoms with van der Waals surface area (Å²) in [5.41, 5.74) is -0.247. The van der Waals surface area contributed by atoms with Crippen molar-refractivity contribution >= 4 is 33.4 Å². The first-order valence-corrected chi connectivity index (χ1v) is 7.37. The maximum atomic E-state index is 12.2. The van der Waals surface area contributed by atoms with Crippen LogP contribution in [0.2, 0.25) is 0 Å². The normalized spacial score (nSPS) is 18.3. The van der Waals surface area contributed by atoms with Crippen molar-refractivity contribution < 1.29 is 14.7 Å². The van der Waals surface area contributed by atoms with Crippen LogP contribution in [0.15, 0.2) is 22.6 Å². The van der Waals surface area contributed by atoms with Crippen molar-refractivity contribution in [3.8, 4) is 0 Å². The number of fused-ring (bicyclic) bond motifs is 1. The molecule has 1 unspecified atom stereocenters. The number of likely N-dealkylation sites (tertiary alicyclic amines) is 1. The Labute approximate surface area is 123 Å². The number of rotatable bonds is 3. The summed E-state index contributed by atoms with van der Waals surface area (Å²) in [5, 5.41) is 11.2. The molecule has 3 heterocycles. The summed E-state index contributed by atoms with van der Waals surface area (Å²) in [6, 6.07) is 1.69. The van der Waals surface area contributed by atoms with Crippen LogP contribution in [0.5, 0.6) is 0 Å². The summed E-state index contributed by atoms with van der Waals surface area (Å²) in [7, 11) is 0. The van der Waals surface area contributed by atoms with Gasteiger partial charge in [0.25, 0.3) is 5.56 Å². The minimum atomic E-state index is -0.885. The van der Waals surface area contributed by atoms with Crippen LogP contribution in [-0.4, -0.2) is 44.5 Å². The van der Waals surface area contributed by atoms with Gasteiger partial charge in [0, 0.05) is 13.1 Å². The van der Waals surface area contributed by atoms with E-state index < -0.39 is 11.9 Å². The highest BCUT2D eigenvalue weighted by atomic mass is 32.1. The molecule has 0 spiro atoms. The molecule has 1 fully saturated rings. The molecule has 0 bridgehead atoms. The average Bonchev–Trinajstić information content (AvgIpc) is 3.10. The van der Waals surface area contributed by atoms with Crippen molar-refractivity contribution in [1.29, 1.82) is 0 Å². The van der Waals surface area contributed by atoms with Crippen LogP contribution >= 0.6 is 11.3 Å². The number of aromatic nitrogens is 2. The Hall–Kier alpha value is -2.22. The molecule has 1 amide bonds. The van der Waals surface area contributed by atoms with Crippen LogP contribution in [0.4, 0.5) is 0 Å². The van der Waals surface area contributed by atoms with Gasteiger partial charge in [0.1, 0.15) is 11.4 Å². The Bertz CT molecular complexity index is 766. The number of nitrogens with zero attached hydrogens (tertiary/aromatic N) is 3. The van der Waals surface area contributed by atoms with Crippen molar-refractivity contribution in [2.45, 2.75) is 13.0 Å². The topological polar surface area (TPSA) is 92.5 Å². The minimum absolute atomic E-state index is 0.107. The van der Waals surface area contributed by atoms with E-state index in [4.69, 9.17) is 5.11 Å². The Morgan fingerprint density at radius 3 is 3.00 bits per heavy atom. The van der Waals surface area contributed by atoms with Gasteiger partial charge < -0.3 is 10.0 Å². The van der Waals surface area contributed by atoms with E-state index in [1.165, 1.54) is 27.1 Å². The second-order valence-corrected chi connectivity index (χ2v) is 5.88. The van der Waals surface area contributed by atoms with Gasteiger partial charge in [-0.2, -0.15) is 0 Å². The zero-order valence-corrected chi connectivity index (χ0v) is 11.9. The third-order valence-electron chi connectivity index (χ3n) is 3.65. The zero-order valence-electron chi connectivity index (χ0n) is 11.1. The number of hydrogen-bond donors (Lipinski definition) is 1. The molecule has 1 atom stereocenters. The summed E-state index contributed by atoms with van der Waals surface area (Å²) in [5.74, 6) is -1.65. The Balaban J connectivity index is 1.76. The molecule has 1 N–H and O–H groups in total. The van der Waals surface area contributed by atoms with Crippen LogP contribution in [-0.2, 0) is 16.1 Å². The number of carbonyl (C=O) groups excluding carboxylic acids is 1. The van der Waals surface area contributed by atoms with Crippen molar-refractivity contribution in [2.75, 3.05) is 13.1 Å². The summed E-state index contributed by atoms with van der Waals surface area (Å²) >= 11 is 1.37. The number of carboxylic acids is 1. The first-order valence-electron chi connectivity index (χ1n) is 6.49. The lowest BCUT2D eigenvalue weighted by atomic mass is 10.1. The minimum Gasteiger partial charge on any atom is -0.481 e. The molecule has 7 nitrogen and oxygen atoms in total. The van der Waals surface area contributed by atoms with E-state index in [2.05, 4.69) is 4.98 Å². The predicted molar refractivity (Wildman–Crippen MR) is 76.2 cm³/mol. The fraction of sp³-hybridized carbons (Fsp3) is 0.385. The second kappa shape index (κ2) is 5.28. The molecule has 1 aliphatic rings. The highest BCUT2D eigenvalue weighted by Gasteiger charge is 2.30. The molecule has 110 valence electrons. The van der Waals surface area contributed by atoms with Gasteiger partial charge >= 0.3 is 5.97 Å². The smallest absolute Gasteiger partial charge is 0.308 e. The third kappa shape index (κ3) is 2.54. The number of carboxylic acid groups (broad SMARTS) is 1. The summed E-state index contributed by atoms with van der Waals surface area (Å²) in [6.07, 6.45) is 1.82. The van der Waals surface area contributed by atoms with Gasteiger partial charge in [-0.1, -0.05) is 0 Å². The molecule has 0 aromatic carbocycles. The first-order chi connectivity index (χ1) is 10.1. The van der Waals surface area contributed by atoms with Crippen molar-refractivity contribution in [3.05, 3.63) is 28.1 Å². The Morgan fingerprint density at radius 2 is 2.29 bits per heavy atom. The third-order valence-corrected chi connectivity index (χ3v) is 4.47. The average molecular weight is 307 g/mol. The lowest BCUT2D eigenvalue weighted by molar-refractivity contribution is -0.141. The van der Waals surface area contributed by atoms with E-state index in [0.29, 0.717) is 23.2 Å². The van der Waals surface area contributed by atoms with E-state index in [1.54, 1.807) is 11.4 Å². The van der Waals surface area contributed by atoms with Gasteiger partial charge in [0.15, 0.2) is 0 Å². The number of amides is 1. The number of thiophene rings is 1. The molecule has 21 heavy (non-hydrogen) atoms. The van der Waals surface area contributed by atoms with Crippen LogP contribution in [0.1, 0.15) is 6.42 Å². The highest BCUT2D eigenvalue weighted by molar-refractivity contribution is 7.16. The van der Waals surface area contributed by atoms with Gasteiger partial charge in [-0.3, -0.25) is 19.0 Å². The molecule has 1 saturated heterocycles. The molecular weight excluding hydrogens is 294 g/mol. The summed E-state index contributed by atoms with van der Waals surface area (Å²) in [4.78, 5) is 41.5. The van der Waals surface area contributed by atoms with Gasteiger partial charge in [0.2, 0.25) is 5.91 Å². The molecule has 0 radical (unpaired) electrons. The SMILES string of the molecule is O=C(O)C1CCN(C(=O)Cn2cnc3sccc3c2=O)C1. The quantitative estimate of drug-likeness (QED) is 0.885. The fourth-order valence-electron chi connectivity index (χ4n) is 2.44. The number of aliphatic carboxylic acids is 1. The van der Waals surface area contributed by atoms with E-state index in [1.807, 2.05) is 0 Å². The van der Waals surface area contributed by atoms with Gasteiger partial charge in [-0.15, -0.1) is 11.3 Å². The Morgan fingerprint density at radius 1 is 1.48 bits per heavy atom. The van der Waals surface area contributed by atoms with Gasteiger partial charge in [-0.25, -0.2) is 4.98 Å². The fourth-order valence-corrected chi connectivity index (χ4v) is 3.16. The van der Waals surface area contributed by atoms with Crippen molar-refractivity contribution in [2.24, 2.45) is 5.92 Å². The molecule has 2 aromatic heterocycles. The van der Waals surface area contributed by atoms with E-state index in [-0.39, 0.29) is 24.6 Å². The zero-order chi connectivity index (χ0) is 15.0. The van der Waals surface area contributed by atoms with Crippen LogP contribution < -0.4 is 5.56 Å².